The Hall–Kier alpha value is -2.04. The third kappa shape index (κ3) is 1.72. The summed E-state index contributed by atoms with van der Waals surface area (Å²) in [5.41, 5.74) is 7.28. The maximum atomic E-state index is 13.6. The fourth-order valence-electron chi connectivity index (χ4n) is 6.93. The molecule has 138 valence electrons. The van der Waals surface area contributed by atoms with Gasteiger partial charge in [-0.2, -0.15) is 0 Å². The molecule has 5 nitrogen and oxygen atoms in total. The van der Waals surface area contributed by atoms with Crippen LogP contribution in [0.15, 0.2) is 23.2 Å². The number of nitrogens with two attached hydrogens (primary N) is 1. The van der Waals surface area contributed by atoms with E-state index in [2.05, 4.69) is 6.07 Å². The Morgan fingerprint density at radius 2 is 1.92 bits per heavy atom. The molecule has 6 rings (SSSR count). The molecule has 1 heterocycles. The summed E-state index contributed by atoms with van der Waals surface area (Å²) in [5.74, 6) is 3.32. The molecule has 4 aliphatic carbocycles. The summed E-state index contributed by atoms with van der Waals surface area (Å²) in [6.07, 6.45) is 6.05. The molecule has 26 heavy (non-hydrogen) atoms. The number of benzene rings is 1. The van der Waals surface area contributed by atoms with Crippen molar-refractivity contribution in [2.24, 2.45) is 33.9 Å². The van der Waals surface area contributed by atoms with Crippen LogP contribution in [-0.4, -0.2) is 30.9 Å². The number of methoxy groups -OCH3 is 1. The van der Waals surface area contributed by atoms with E-state index in [4.69, 9.17) is 15.5 Å². The number of nitrogens with zero attached hydrogens (tertiary/aromatic N) is 2. The molecular formula is C21H27N3O2. The minimum Gasteiger partial charge on any atom is -0.496 e. The maximum Gasteiger partial charge on any atom is 0.262 e. The number of likely N-dealkylation sites (N-methyl/N-ethyl adjacent to an activating group) is 1. The van der Waals surface area contributed by atoms with Crippen molar-refractivity contribution in [2.45, 2.75) is 44.6 Å². The van der Waals surface area contributed by atoms with Crippen molar-refractivity contribution in [3.63, 3.8) is 0 Å². The number of carbonyl (C=O) groups excluding carboxylic acids is 1. The van der Waals surface area contributed by atoms with Crippen LogP contribution in [-0.2, 0) is 10.3 Å². The van der Waals surface area contributed by atoms with Crippen molar-refractivity contribution in [1.29, 1.82) is 0 Å². The first-order valence-electron chi connectivity index (χ1n) is 9.70. The van der Waals surface area contributed by atoms with Crippen molar-refractivity contribution in [1.82, 2.24) is 4.90 Å². The third-order valence-corrected chi connectivity index (χ3v) is 7.76. The van der Waals surface area contributed by atoms with E-state index < -0.39 is 5.54 Å². The highest BCUT2D eigenvalue weighted by Crippen LogP contribution is 2.72. The van der Waals surface area contributed by atoms with E-state index >= 15 is 0 Å². The standard InChI is InChI=1S/C21H27N3O2/c1-12-6-15(4-5-17(12)26-3)21(18(25)24(2)19(22)23-21)20-10-13-7-14(11-20)9-16(20)8-13/h4-6,13-14,16H,7-11H2,1-3H3,(H2,22,23). The highest BCUT2D eigenvalue weighted by molar-refractivity contribution is 6.07. The van der Waals surface area contributed by atoms with E-state index in [1.54, 1.807) is 19.1 Å². The largest absolute Gasteiger partial charge is 0.496 e. The number of aryl methyl sites for hydroxylation is 1. The van der Waals surface area contributed by atoms with Crippen LogP contribution < -0.4 is 10.5 Å². The molecule has 1 aliphatic heterocycles. The zero-order valence-electron chi connectivity index (χ0n) is 15.8. The van der Waals surface area contributed by atoms with Crippen LogP contribution in [0, 0.1) is 30.1 Å². The molecule has 1 aromatic rings. The van der Waals surface area contributed by atoms with Gasteiger partial charge in [0.15, 0.2) is 11.5 Å². The molecule has 5 heteroatoms. The normalized spacial score (nSPS) is 40.4. The lowest BCUT2D eigenvalue weighted by atomic mass is 9.59. The van der Waals surface area contributed by atoms with Crippen molar-refractivity contribution < 1.29 is 9.53 Å². The van der Waals surface area contributed by atoms with E-state index in [1.165, 1.54) is 19.3 Å². The lowest BCUT2D eigenvalue weighted by Gasteiger charge is -2.45. The Bertz CT molecular complexity index is 819. The molecular weight excluding hydrogens is 326 g/mol. The first-order chi connectivity index (χ1) is 12.4. The number of rotatable bonds is 3. The SMILES string of the molecule is COc1ccc(C2(C34CC5CC(CC3C5)C4)N=C(N)N(C)C2=O)cc1C. The molecule has 0 saturated heterocycles. The number of hydrogen-bond donors (Lipinski definition) is 1. The van der Waals surface area contributed by atoms with Crippen LogP contribution >= 0.6 is 0 Å². The minimum atomic E-state index is -0.864. The molecule has 4 bridgehead atoms. The Morgan fingerprint density at radius 1 is 1.23 bits per heavy atom. The highest BCUT2D eigenvalue weighted by atomic mass is 16.5. The van der Waals surface area contributed by atoms with Gasteiger partial charge >= 0.3 is 0 Å². The Morgan fingerprint density at radius 3 is 2.46 bits per heavy atom. The van der Waals surface area contributed by atoms with Gasteiger partial charge in [-0.15, -0.1) is 0 Å². The van der Waals surface area contributed by atoms with Crippen LogP contribution in [0.3, 0.4) is 0 Å². The summed E-state index contributed by atoms with van der Waals surface area (Å²) >= 11 is 0. The molecule has 4 fully saturated rings. The Kier molecular flexibility index (Phi) is 3.12. The van der Waals surface area contributed by atoms with Crippen LogP contribution in [0.5, 0.6) is 5.75 Å². The average molecular weight is 353 g/mol. The lowest BCUT2D eigenvalue weighted by Crippen LogP contribution is -2.52. The number of aliphatic imine (C=N–C) groups is 1. The van der Waals surface area contributed by atoms with Gasteiger partial charge in [-0.1, -0.05) is 6.07 Å². The summed E-state index contributed by atoms with van der Waals surface area (Å²) in [5, 5.41) is 0. The number of guanidine groups is 1. The predicted octanol–water partition coefficient (Wildman–Crippen LogP) is 2.81. The maximum absolute atomic E-state index is 13.6. The molecule has 2 N–H and O–H groups in total. The average Bonchev–Trinajstić information content (AvgIpc) is 3.12. The molecule has 4 saturated carbocycles. The molecule has 0 spiro atoms. The fourth-order valence-corrected chi connectivity index (χ4v) is 6.93. The quantitative estimate of drug-likeness (QED) is 0.908. The smallest absolute Gasteiger partial charge is 0.262 e. The Labute approximate surface area is 154 Å². The van der Waals surface area contributed by atoms with E-state index in [0.29, 0.717) is 11.9 Å². The Balaban J connectivity index is 1.74. The van der Waals surface area contributed by atoms with Crippen LogP contribution in [0.2, 0.25) is 0 Å². The van der Waals surface area contributed by atoms with Crippen LogP contribution in [0.25, 0.3) is 0 Å². The summed E-state index contributed by atoms with van der Waals surface area (Å²) in [4.78, 5) is 20.2. The third-order valence-electron chi connectivity index (χ3n) is 7.76. The van der Waals surface area contributed by atoms with Crippen LogP contribution in [0.4, 0.5) is 0 Å². The number of carbonyl (C=O) groups is 1. The van der Waals surface area contributed by atoms with E-state index in [0.717, 1.165) is 41.6 Å². The van der Waals surface area contributed by atoms with Crippen molar-refractivity contribution in [2.75, 3.05) is 14.2 Å². The van der Waals surface area contributed by atoms with Gasteiger partial charge < -0.3 is 10.5 Å². The zero-order chi connectivity index (χ0) is 18.3. The first-order valence-corrected chi connectivity index (χ1v) is 9.70. The van der Waals surface area contributed by atoms with Gasteiger partial charge in [0.1, 0.15) is 5.75 Å². The molecule has 1 amide bonds. The van der Waals surface area contributed by atoms with Crippen molar-refractivity contribution >= 4 is 11.9 Å². The fraction of sp³-hybridized carbons (Fsp3) is 0.619. The van der Waals surface area contributed by atoms with E-state index in [9.17, 15) is 4.79 Å². The summed E-state index contributed by atoms with van der Waals surface area (Å²) in [6, 6.07) is 6.11. The van der Waals surface area contributed by atoms with Crippen molar-refractivity contribution in [3.8, 4) is 5.75 Å². The van der Waals surface area contributed by atoms with Gasteiger partial charge in [0.05, 0.1) is 7.11 Å². The van der Waals surface area contributed by atoms with Crippen molar-refractivity contribution in [3.05, 3.63) is 29.3 Å². The summed E-state index contributed by atoms with van der Waals surface area (Å²) < 4.78 is 5.44. The molecule has 0 radical (unpaired) electrons. The summed E-state index contributed by atoms with van der Waals surface area (Å²) in [7, 11) is 3.44. The topological polar surface area (TPSA) is 67.9 Å². The van der Waals surface area contributed by atoms with Gasteiger partial charge in [-0.3, -0.25) is 9.69 Å². The second-order valence-corrected chi connectivity index (χ2v) is 8.93. The van der Waals surface area contributed by atoms with Gasteiger partial charge in [0.25, 0.3) is 5.91 Å². The summed E-state index contributed by atoms with van der Waals surface area (Å²) in [6.45, 7) is 2.03. The van der Waals surface area contributed by atoms with Gasteiger partial charge in [0, 0.05) is 12.5 Å². The molecule has 3 atom stereocenters. The lowest BCUT2D eigenvalue weighted by molar-refractivity contribution is -0.137. The predicted molar refractivity (Wildman–Crippen MR) is 99.8 cm³/mol. The van der Waals surface area contributed by atoms with E-state index in [-0.39, 0.29) is 11.3 Å². The second-order valence-electron chi connectivity index (χ2n) is 8.93. The van der Waals surface area contributed by atoms with Gasteiger partial charge in [0.2, 0.25) is 0 Å². The second kappa shape index (κ2) is 5.02. The molecule has 0 aromatic heterocycles. The number of hydrogen-bond acceptors (Lipinski definition) is 4. The van der Waals surface area contributed by atoms with E-state index in [1.807, 2.05) is 19.1 Å². The molecule has 1 aromatic carbocycles. The zero-order valence-corrected chi connectivity index (χ0v) is 15.8. The molecule has 3 unspecified atom stereocenters. The van der Waals surface area contributed by atoms with Crippen LogP contribution in [0.1, 0.15) is 43.2 Å². The number of ether oxygens (including phenoxy) is 1. The highest BCUT2D eigenvalue weighted by Gasteiger charge is 2.71. The minimum absolute atomic E-state index is 0.0489. The van der Waals surface area contributed by atoms with Gasteiger partial charge in [-0.05, 0) is 80.0 Å². The molecule has 5 aliphatic rings. The first kappa shape index (κ1) is 16.2. The monoisotopic (exact) mass is 353 g/mol. The number of amides is 1. The van der Waals surface area contributed by atoms with Gasteiger partial charge in [-0.25, -0.2) is 4.99 Å².